The van der Waals surface area contributed by atoms with Gasteiger partial charge in [-0.2, -0.15) is 0 Å². The molecule has 1 fully saturated rings. The molecule has 0 spiro atoms. The lowest BCUT2D eigenvalue weighted by Crippen LogP contribution is -2.56. The summed E-state index contributed by atoms with van der Waals surface area (Å²) in [7, 11) is 1.57. The molecular formula is C17H24N4O3S. The van der Waals surface area contributed by atoms with Crippen molar-refractivity contribution in [2.75, 3.05) is 12.8 Å². The predicted octanol–water partition coefficient (Wildman–Crippen LogP) is 0.242. The molecule has 0 bridgehead atoms. The van der Waals surface area contributed by atoms with Crippen molar-refractivity contribution >= 4 is 29.5 Å². The van der Waals surface area contributed by atoms with Crippen LogP contribution in [-0.2, 0) is 20.9 Å². The quantitative estimate of drug-likeness (QED) is 0.556. The Labute approximate surface area is 151 Å². The van der Waals surface area contributed by atoms with Gasteiger partial charge in [-0.05, 0) is 12.5 Å². The van der Waals surface area contributed by atoms with E-state index in [9.17, 15) is 14.4 Å². The summed E-state index contributed by atoms with van der Waals surface area (Å²) in [6.07, 6.45) is 0.491. The Morgan fingerprint density at radius 1 is 1.24 bits per heavy atom. The maximum atomic E-state index is 12.0. The predicted molar refractivity (Wildman–Crippen MR) is 97.6 cm³/mol. The van der Waals surface area contributed by atoms with Crippen molar-refractivity contribution < 1.29 is 14.4 Å². The summed E-state index contributed by atoms with van der Waals surface area (Å²) in [6.45, 7) is 2.49. The largest absolute Gasteiger partial charge is 0.359 e. The summed E-state index contributed by atoms with van der Waals surface area (Å²) in [6, 6.07) is 7.75. The molecule has 1 aromatic carbocycles. The van der Waals surface area contributed by atoms with E-state index in [1.165, 1.54) is 17.3 Å². The molecule has 1 aliphatic heterocycles. The van der Waals surface area contributed by atoms with Gasteiger partial charge in [0.2, 0.25) is 17.7 Å². The number of hydrogen-bond donors (Lipinski definition) is 4. The van der Waals surface area contributed by atoms with E-state index in [0.717, 1.165) is 5.56 Å². The average molecular weight is 364 g/mol. The summed E-state index contributed by atoms with van der Waals surface area (Å²) in [4.78, 5) is 35.2. The minimum absolute atomic E-state index is 0.102. The highest BCUT2D eigenvalue weighted by atomic mass is 32.2. The lowest BCUT2D eigenvalue weighted by atomic mass is 10.1. The zero-order chi connectivity index (χ0) is 18.2. The standard InChI is InChI=1S/C17H24N4O3S/c1-11-3-5-12(6-4-11)9-19-16(24)10-25-17-20-13(7-14(22)18-2)8-15(23)21-17/h3-6,13,17,20H,7-10H2,1-2H3,(H,18,22)(H,19,24)(H,21,23). The van der Waals surface area contributed by atoms with Gasteiger partial charge in [0.25, 0.3) is 0 Å². The zero-order valence-corrected chi connectivity index (χ0v) is 15.2. The summed E-state index contributed by atoms with van der Waals surface area (Å²) in [5.74, 6) is -0.122. The van der Waals surface area contributed by atoms with Crippen LogP contribution in [0.5, 0.6) is 0 Å². The number of amides is 3. The van der Waals surface area contributed by atoms with E-state index in [4.69, 9.17) is 0 Å². The van der Waals surface area contributed by atoms with Crippen molar-refractivity contribution in [3.63, 3.8) is 0 Å². The van der Waals surface area contributed by atoms with Crippen molar-refractivity contribution in [3.05, 3.63) is 35.4 Å². The van der Waals surface area contributed by atoms with Crippen LogP contribution in [0.25, 0.3) is 0 Å². The van der Waals surface area contributed by atoms with Crippen LogP contribution in [0.3, 0.4) is 0 Å². The number of nitrogens with one attached hydrogen (secondary N) is 4. The van der Waals surface area contributed by atoms with E-state index in [2.05, 4.69) is 21.3 Å². The first-order valence-electron chi connectivity index (χ1n) is 8.16. The Balaban J connectivity index is 1.73. The molecule has 0 aromatic heterocycles. The molecule has 2 unspecified atom stereocenters. The highest BCUT2D eigenvalue weighted by Crippen LogP contribution is 2.14. The first-order chi connectivity index (χ1) is 12.0. The lowest BCUT2D eigenvalue weighted by molar-refractivity contribution is -0.125. The van der Waals surface area contributed by atoms with Crippen molar-refractivity contribution in [1.82, 2.24) is 21.3 Å². The van der Waals surface area contributed by atoms with Gasteiger partial charge in [0.05, 0.1) is 5.75 Å². The molecule has 2 rings (SSSR count). The molecule has 1 aliphatic rings. The molecule has 25 heavy (non-hydrogen) atoms. The second kappa shape index (κ2) is 9.43. The van der Waals surface area contributed by atoms with Gasteiger partial charge in [-0.3, -0.25) is 19.7 Å². The van der Waals surface area contributed by atoms with E-state index in [0.29, 0.717) is 6.54 Å². The van der Waals surface area contributed by atoms with Crippen molar-refractivity contribution in [3.8, 4) is 0 Å². The fourth-order valence-electron chi connectivity index (χ4n) is 2.41. The third kappa shape index (κ3) is 6.75. The van der Waals surface area contributed by atoms with Gasteiger partial charge in [-0.15, -0.1) is 11.8 Å². The monoisotopic (exact) mass is 364 g/mol. The maximum Gasteiger partial charge on any atom is 0.230 e. The fourth-order valence-corrected chi connectivity index (χ4v) is 3.33. The lowest BCUT2D eigenvalue weighted by Gasteiger charge is -2.30. The summed E-state index contributed by atoms with van der Waals surface area (Å²) in [5, 5.41) is 11.4. The molecular weight excluding hydrogens is 340 g/mol. The second-order valence-corrected chi connectivity index (χ2v) is 7.06. The Hall–Kier alpha value is -2.06. The first kappa shape index (κ1) is 19.3. The van der Waals surface area contributed by atoms with Gasteiger partial charge in [0.15, 0.2) is 0 Å². The number of thioether (sulfide) groups is 1. The number of benzene rings is 1. The maximum absolute atomic E-state index is 12.0. The minimum Gasteiger partial charge on any atom is -0.359 e. The van der Waals surface area contributed by atoms with Crippen molar-refractivity contribution in [2.24, 2.45) is 0 Å². The number of carbonyl (C=O) groups is 3. The molecule has 2 atom stereocenters. The van der Waals surface area contributed by atoms with E-state index < -0.39 is 0 Å². The van der Waals surface area contributed by atoms with E-state index in [1.54, 1.807) is 7.05 Å². The minimum atomic E-state index is -0.374. The number of aryl methyl sites for hydroxylation is 1. The second-order valence-electron chi connectivity index (χ2n) is 5.97. The third-order valence-electron chi connectivity index (χ3n) is 3.81. The highest BCUT2D eigenvalue weighted by molar-refractivity contribution is 8.00. The zero-order valence-electron chi connectivity index (χ0n) is 14.4. The van der Waals surface area contributed by atoms with Crippen molar-refractivity contribution in [1.29, 1.82) is 0 Å². The summed E-state index contributed by atoms with van der Waals surface area (Å²) in [5.41, 5.74) is 1.84. The van der Waals surface area contributed by atoms with Gasteiger partial charge in [0, 0.05) is 32.5 Å². The molecule has 8 heteroatoms. The topological polar surface area (TPSA) is 99.3 Å². The van der Waals surface area contributed by atoms with Gasteiger partial charge in [0.1, 0.15) is 5.50 Å². The molecule has 4 N–H and O–H groups in total. The van der Waals surface area contributed by atoms with Crippen LogP contribution < -0.4 is 21.3 Å². The van der Waals surface area contributed by atoms with Crippen LogP contribution >= 0.6 is 11.8 Å². The molecule has 1 aromatic rings. The van der Waals surface area contributed by atoms with Crippen LogP contribution in [0.2, 0.25) is 0 Å². The molecule has 0 aliphatic carbocycles. The SMILES string of the molecule is CNC(=O)CC1CC(=O)NC(SCC(=O)NCc2ccc(C)cc2)N1. The molecule has 1 heterocycles. The fraction of sp³-hybridized carbons (Fsp3) is 0.471. The Morgan fingerprint density at radius 3 is 2.64 bits per heavy atom. The van der Waals surface area contributed by atoms with Crippen molar-refractivity contribution in [2.45, 2.75) is 37.8 Å². The van der Waals surface area contributed by atoms with Crippen LogP contribution in [-0.4, -0.2) is 42.1 Å². The highest BCUT2D eigenvalue weighted by Gasteiger charge is 2.27. The van der Waals surface area contributed by atoms with Crippen LogP contribution in [0.15, 0.2) is 24.3 Å². The number of rotatable bonds is 7. The van der Waals surface area contributed by atoms with Crippen LogP contribution in [0.1, 0.15) is 24.0 Å². The molecule has 136 valence electrons. The number of carbonyl (C=O) groups excluding carboxylic acids is 3. The van der Waals surface area contributed by atoms with Gasteiger partial charge in [-0.1, -0.05) is 29.8 Å². The van der Waals surface area contributed by atoms with Gasteiger partial charge >= 0.3 is 0 Å². The number of hydrogen-bond acceptors (Lipinski definition) is 5. The van der Waals surface area contributed by atoms with E-state index in [1.807, 2.05) is 31.2 Å². The van der Waals surface area contributed by atoms with Crippen LogP contribution in [0.4, 0.5) is 0 Å². The summed E-state index contributed by atoms with van der Waals surface area (Å²) >= 11 is 1.30. The van der Waals surface area contributed by atoms with E-state index >= 15 is 0 Å². The van der Waals surface area contributed by atoms with Crippen LogP contribution in [0, 0.1) is 6.92 Å². The Kier molecular flexibility index (Phi) is 7.27. The third-order valence-corrected chi connectivity index (χ3v) is 4.83. The van der Waals surface area contributed by atoms with E-state index in [-0.39, 0.29) is 47.9 Å². The average Bonchev–Trinajstić information content (AvgIpc) is 2.59. The van der Waals surface area contributed by atoms with Gasteiger partial charge in [-0.25, -0.2) is 0 Å². The molecule has 1 saturated heterocycles. The smallest absolute Gasteiger partial charge is 0.230 e. The Bertz CT molecular complexity index is 621. The summed E-state index contributed by atoms with van der Waals surface area (Å²) < 4.78 is 0. The Morgan fingerprint density at radius 2 is 1.96 bits per heavy atom. The molecule has 3 amide bonds. The molecule has 0 radical (unpaired) electrons. The first-order valence-corrected chi connectivity index (χ1v) is 9.21. The molecule has 7 nitrogen and oxygen atoms in total. The normalized spacial score (nSPS) is 19.8. The molecule has 0 saturated carbocycles. The van der Waals surface area contributed by atoms with Gasteiger partial charge < -0.3 is 16.0 Å².